The molecule has 0 N–H and O–H groups in total. The molecule has 1 amide bonds. The molecule has 0 saturated carbocycles. The zero-order valence-electron chi connectivity index (χ0n) is 13.5. The van der Waals surface area contributed by atoms with Gasteiger partial charge >= 0.3 is 0 Å². The average molecular weight is 369 g/mol. The average Bonchev–Trinajstić information content (AvgIpc) is 2.90. The number of fused-ring (bicyclic) bond motifs is 1. The largest absolute Gasteiger partial charge is 0.486 e. The minimum absolute atomic E-state index is 0.116. The van der Waals surface area contributed by atoms with Gasteiger partial charge in [-0.05, 0) is 36.3 Å². The lowest BCUT2D eigenvalue weighted by Gasteiger charge is -2.21. The number of hydrogen-bond acceptors (Lipinski definition) is 5. The van der Waals surface area contributed by atoms with E-state index < -0.39 is 0 Å². The molecule has 4 rings (SSSR count). The van der Waals surface area contributed by atoms with Gasteiger partial charge in [-0.25, -0.2) is 0 Å². The maximum atomic E-state index is 12.9. The topological polar surface area (TPSA) is 38.8 Å². The van der Waals surface area contributed by atoms with Gasteiger partial charge in [0, 0.05) is 6.07 Å². The fraction of sp³-hybridized carbons (Fsp3) is 0.158. The fourth-order valence-electron chi connectivity index (χ4n) is 2.75. The maximum Gasteiger partial charge on any atom is 0.270 e. The minimum Gasteiger partial charge on any atom is -0.486 e. The number of ether oxygens (including phenoxy) is 2. The molecule has 126 valence electrons. The lowest BCUT2D eigenvalue weighted by molar-refractivity contribution is -0.113. The van der Waals surface area contributed by atoms with Gasteiger partial charge in [0.15, 0.2) is 15.8 Å². The molecule has 25 heavy (non-hydrogen) atoms. The highest BCUT2D eigenvalue weighted by Crippen LogP contribution is 2.40. The van der Waals surface area contributed by atoms with Gasteiger partial charge < -0.3 is 9.47 Å². The Hall–Kier alpha value is -2.31. The zero-order valence-corrected chi connectivity index (χ0v) is 15.2. The Kier molecular flexibility index (Phi) is 4.23. The first-order chi connectivity index (χ1) is 12.1. The Morgan fingerprint density at radius 1 is 1.12 bits per heavy atom. The Labute approximate surface area is 155 Å². The van der Waals surface area contributed by atoms with Crippen molar-refractivity contribution in [2.75, 3.05) is 18.1 Å². The molecule has 2 aliphatic heterocycles. The van der Waals surface area contributed by atoms with E-state index in [0.717, 1.165) is 11.1 Å². The van der Waals surface area contributed by atoms with Crippen LogP contribution in [-0.2, 0) is 4.79 Å². The molecular weight excluding hydrogens is 354 g/mol. The Morgan fingerprint density at radius 3 is 2.68 bits per heavy atom. The van der Waals surface area contributed by atoms with Crippen molar-refractivity contribution in [3.8, 4) is 11.5 Å². The number of hydrogen-bond donors (Lipinski definition) is 0. The molecule has 0 unspecified atom stereocenters. The second-order valence-electron chi connectivity index (χ2n) is 5.70. The summed E-state index contributed by atoms with van der Waals surface area (Å²) in [7, 11) is 0. The number of amides is 1. The first-order valence-electron chi connectivity index (χ1n) is 7.87. The predicted molar refractivity (Wildman–Crippen MR) is 104 cm³/mol. The number of nitrogens with zero attached hydrogens (tertiary/aromatic N) is 1. The third-order valence-corrected chi connectivity index (χ3v) is 5.35. The van der Waals surface area contributed by atoms with Crippen LogP contribution < -0.4 is 14.4 Å². The van der Waals surface area contributed by atoms with E-state index in [0.29, 0.717) is 39.6 Å². The normalized spacial score (nSPS) is 18.1. The SMILES string of the molecule is Cc1ccccc1/C=C1\SC(=S)N(c2ccc3c(c2)OCCO3)C1=O. The monoisotopic (exact) mass is 369 g/mol. The molecule has 0 spiro atoms. The Morgan fingerprint density at radius 2 is 1.88 bits per heavy atom. The van der Waals surface area contributed by atoms with Crippen LogP contribution in [0.1, 0.15) is 11.1 Å². The summed E-state index contributed by atoms with van der Waals surface area (Å²) in [5.74, 6) is 1.21. The van der Waals surface area contributed by atoms with Crippen LogP contribution in [0.3, 0.4) is 0 Å². The van der Waals surface area contributed by atoms with E-state index >= 15 is 0 Å². The standard InChI is InChI=1S/C19H15NO3S2/c1-12-4-2-3-5-13(12)10-17-18(21)20(19(24)25-17)14-6-7-15-16(11-14)23-9-8-22-15/h2-7,10-11H,8-9H2,1H3/b17-10-. The molecule has 2 heterocycles. The van der Waals surface area contributed by atoms with Crippen molar-refractivity contribution in [1.82, 2.24) is 0 Å². The quantitative estimate of drug-likeness (QED) is 0.587. The lowest BCUT2D eigenvalue weighted by Crippen LogP contribution is -2.27. The van der Waals surface area contributed by atoms with Crippen molar-refractivity contribution < 1.29 is 14.3 Å². The first-order valence-corrected chi connectivity index (χ1v) is 9.09. The molecule has 1 saturated heterocycles. The van der Waals surface area contributed by atoms with E-state index in [2.05, 4.69) is 0 Å². The highest BCUT2D eigenvalue weighted by atomic mass is 32.2. The second-order valence-corrected chi connectivity index (χ2v) is 7.38. The highest BCUT2D eigenvalue weighted by Gasteiger charge is 2.34. The Bertz CT molecular complexity index is 907. The summed E-state index contributed by atoms with van der Waals surface area (Å²) < 4.78 is 11.7. The van der Waals surface area contributed by atoms with Gasteiger partial charge in [-0.15, -0.1) is 0 Å². The fourth-order valence-corrected chi connectivity index (χ4v) is 4.04. The molecule has 0 aliphatic carbocycles. The van der Waals surface area contributed by atoms with E-state index in [9.17, 15) is 4.79 Å². The summed E-state index contributed by atoms with van der Waals surface area (Å²) in [5, 5.41) is 0. The van der Waals surface area contributed by atoms with Crippen molar-refractivity contribution >= 4 is 46.0 Å². The van der Waals surface area contributed by atoms with Crippen molar-refractivity contribution in [3.63, 3.8) is 0 Å². The van der Waals surface area contributed by atoms with E-state index in [1.165, 1.54) is 11.8 Å². The Balaban J connectivity index is 1.67. The molecule has 0 bridgehead atoms. The van der Waals surface area contributed by atoms with Gasteiger partial charge in [0.05, 0.1) is 10.6 Å². The lowest BCUT2D eigenvalue weighted by atomic mass is 10.1. The number of thioether (sulfide) groups is 1. The summed E-state index contributed by atoms with van der Waals surface area (Å²) >= 11 is 6.75. The van der Waals surface area contributed by atoms with Crippen molar-refractivity contribution in [2.45, 2.75) is 6.92 Å². The van der Waals surface area contributed by atoms with Gasteiger partial charge in [0.25, 0.3) is 5.91 Å². The van der Waals surface area contributed by atoms with E-state index in [4.69, 9.17) is 21.7 Å². The van der Waals surface area contributed by atoms with Gasteiger partial charge in [-0.2, -0.15) is 0 Å². The number of carbonyl (C=O) groups is 1. The maximum absolute atomic E-state index is 12.9. The van der Waals surface area contributed by atoms with Crippen LogP contribution in [0, 0.1) is 6.92 Å². The number of thiocarbonyl (C=S) groups is 1. The van der Waals surface area contributed by atoms with Crippen LogP contribution in [0.4, 0.5) is 5.69 Å². The predicted octanol–water partition coefficient (Wildman–Crippen LogP) is 4.17. The summed E-state index contributed by atoms with van der Waals surface area (Å²) in [6, 6.07) is 13.4. The van der Waals surface area contributed by atoms with Crippen LogP contribution in [0.5, 0.6) is 11.5 Å². The van der Waals surface area contributed by atoms with E-state index in [-0.39, 0.29) is 5.91 Å². The molecule has 2 aliphatic rings. The summed E-state index contributed by atoms with van der Waals surface area (Å²) in [6.07, 6.45) is 1.90. The van der Waals surface area contributed by atoms with Crippen LogP contribution in [-0.4, -0.2) is 23.4 Å². The van der Waals surface area contributed by atoms with Crippen LogP contribution in [0.2, 0.25) is 0 Å². The number of anilines is 1. The third kappa shape index (κ3) is 3.03. The first kappa shape index (κ1) is 16.2. The zero-order chi connectivity index (χ0) is 17.4. The molecule has 2 aromatic carbocycles. The van der Waals surface area contributed by atoms with E-state index in [1.54, 1.807) is 11.0 Å². The molecule has 4 nitrogen and oxygen atoms in total. The summed E-state index contributed by atoms with van der Waals surface area (Å²) in [5.41, 5.74) is 2.83. The smallest absolute Gasteiger partial charge is 0.270 e. The van der Waals surface area contributed by atoms with Crippen molar-refractivity contribution in [1.29, 1.82) is 0 Å². The van der Waals surface area contributed by atoms with Gasteiger partial charge in [-0.3, -0.25) is 9.69 Å². The van der Waals surface area contributed by atoms with Gasteiger partial charge in [0.1, 0.15) is 13.2 Å². The van der Waals surface area contributed by atoms with Crippen LogP contribution in [0.15, 0.2) is 47.4 Å². The van der Waals surface area contributed by atoms with Crippen molar-refractivity contribution in [2.24, 2.45) is 0 Å². The van der Waals surface area contributed by atoms with Crippen LogP contribution in [0.25, 0.3) is 6.08 Å². The summed E-state index contributed by atoms with van der Waals surface area (Å²) in [6.45, 7) is 3.06. The van der Waals surface area contributed by atoms with Gasteiger partial charge in [-0.1, -0.05) is 48.2 Å². The molecule has 0 radical (unpaired) electrons. The van der Waals surface area contributed by atoms with Crippen LogP contribution >= 0.6 is 24.0 Å². The third-order valence-electron chi connectivity index (χ3n) is 4.05. The number of rotatable bonds is 2. The number of carbonyl (C=O) groups excluding carboxylic acids is 1. The second kappa shape index (κ2) is 6.54. The minimum atomic E-state index is -0.116. The van der Waals surface area contributed by atoms with Crippen molar-refractivity contribution in [3.05, 3.63) is 58.5 Å². The number of benzene rings is 2. The molecule has 2 aromatic rings. The molecule has 0 aromatic heterocycles. The van der Waals surface area contributed by atoms with E-state index in [1.807, 2.05) is 49.4 Å². The van der Waals surface area contributed by atoms with Gasteiger partial charge in [0.2, 0.25) is 0 Å². The summed E-state index contributed by atoms with van der Waals surface area (Å²) in [4.78, 5) is 15.0. The molecule has 1 fully saturated rings. The molecular formula is C19H15NO3S2. The highest BCUT2D eigenvalue weighted by molar-refractivity contribution is 8.27. The number of aryl methyl sites for hydroxylation is 1. The molecule has 6 heteroatoms. The molecule has 0 atom stereocenters.